The second-order valence-corrected chi connectivity index (χ2v) is 5.72. The zero-order valence-corrected chi connectivity index (χ0v) is 14.6. The zero-order chi connectivity index (χ0) is 17.1. The van der Waals surface area contributed by atoms with E-state index < -0.39 is 0 Å². The van der Waals surface area contributed by atoms with E-state index in [0.717, 1.165) is 28.4 Å². The molecular weight excluding hydrogens is 325 g/mol. The van der Waals surface area contributed by atoms with E-state index in [2.05, 4.69) is 16.6 Å². The quantitative estimate of drug-likeness (QED) is 0.526. The Morgan fingerprint density at radius 1 is 0.760 bits per heavy atom. The molecule has 0 N–H and O–H groups in total. The van der Waals surface area contributed by atoms with Crippen molar-refractivity contribution in [3.8, 4) is 34.2 Å². The van der Waals surface area contributed by atoms with Crippen molar-refractivity contribution < 1.29 is 3.79 Å². The summed E-state index contributed by atoms with van der Waals surface area (Å²) >= 11 is 2.28. The fourth-order valence-corrected chi connectivity index (χ4v) is 2.91. The first-order valence-electron chi connectivity index (χ1n) is 7.91. The Hall–Kier alpha value is -2.87. The Bertz CT molecular complexity index is 927. The van der Waals surface area contributed by atoms with Crippen molar-refractivity contribution in [1.82, 2.24) is 14.8 Å². The van der Waals surface area contributed by atoms with Gasteiger partial charge in [0.1, 0.15) is 0 Å². The predicted molar refractivity (Wildman–Crippen MR) is 98.6 cm³/mol. The van der Waals surface area contributed by atoms with E-state index in [9.17, 15) is 0 Å². The van der Waals surface area contributed by atoms with Crippen LogP contribution in [0, 0.1) is 0 Å². The summed E-state index contributed by atoms with van der Waals surface area (Å²) in [6, 6.07) is 27.8. The van der Waals surface area contributed by atoms with Gasteiger partial charge in [-0.15, -0.1) is 5.10 Å². The molecule has 5 heteroatoms. The van der Waals surface area contributed by atoms with Crippen molar-refractivity contribution in [1.29, 1.82) is 0 Å². The van der Waals surface area contributed by atoms with Crippen LogP contribution in [0.2, 0.25) is 0 Å². The minimum Gasteiger partial charge on any atom is -0.653 e. The third-order valence-corrected chi connectivity index (χ3v) is 4.15. The van der Waals surface area contributed by atoms with Crippen molar-refractivity contribution >= 4 is 16.6 Å². The molecule has 4 nitrogen and oxygen atoms in total. The molecule has 0 aliphatic heterocycles. The fourth-order valence-electron chi connectivity index (χ4n) is 2.70. The standard InChI is InChI=1S/C20H15N3O.Al/c24-18-14-8-7-13-17(18)19-21-20(15-9-3-1-4-10-15)23(22-19)16-11-5-2-6-12-16;/h1-14,24H;/q;+1/p-1. The maximum atomic E-state index is 5.39. The Balaban J connectivity index is 1.93. The number of para-hydroxylation sites is 2. The van der Waals surface area contributed by atoms with Gasteiger partial charge in [0.25, 0.3) is 0 Å². The summed E-state index contributed by atoms with van der Waals surface area (Å²) in [6.07, 6.45) is 0. The fraction of sp³-hybridized carbons (Fsp3) is 0. The van der Waals surface area contributed by atoms with Gasteiger partial charge in [0.2, 0.25) is 0 Å². The molecule has 2 radical (unpaired) electrons. The lowest BCUT2D eigenvalue weighted by atomic mass is 10.2. The molecule has 0 spiro atoms. The highest BCUT2D eigenvalue weighted by Gasteiger charge is 2.16. The normalized spacial score (nSPS) is 10.6. The summed E-state index contributed by atoms with van der Waals surface area (Å²) in [5.74, 6) is 2.14. The van der Waals surface area contributed by atoms with Crippen LogP contribution in [-0.2, 0) is 0 Å². The van der Waals surface area contributed by atoms with Crippen LogP contribution in [0.4, 0.5) is 0 Å². The van der Waals surface area contributed by atoms with Gasteiger partial charge in [-0.1, -0.05) is 60.7 Å². The Kier molecular flexibility index (Phi) is 4.34. The molecule has 0 bridgehead atoms. The summed E-state index contributed by atoms with van der Waals surface area (Å²) < 4.78 is 7.25. The van der Waals surface area contributed by atoms with E-state index >= 15 is 0 Å². The molecule has 4 rings (SSSR count). The highest BCUT2D eigenvalue weighted by Crippen LogP contribution is 2.30. The van der Waals surface area contributed by atoms with E-state index in [4.69, 9.17) is 13.9 Å². The number of hydrogen-bond acceptors (Lipinski definition) is 3. The monoisotopic (exact) mass is 339 g/mol. The van der Waals surface area contributed by atoms with Gasteiger partial charge in [0, 0.05) is 5.56 Å². The molecule has 0 atom stereocenters. The van der Waals surface area contributed by atoms with E-state index in [1.54, 1.807) is 0 Å². The van der Waals surface area contributed by atoms with Crippen molar-refractivity contribution in [2.24, 2.45) is 0 Å². The number of nitrogens with zero attached hydrogens (tertiary/aromatic N) is 3. The van der Waals surface area contributed by atoms with Gasteiger partial charge >= 0.3 is 16.6 Å². The molecule has 0 unspecified atom stereocenters. The molecule has 0 saturated carbocycles. The number of hydrogen-bond donors (Lipinski definition) is 0. The Morgan fingerprint density at radius 3 is 2.12 bits per heavy atom. The molecule has 1 heterocycles. The Labute approximate surface area is 154 Å². The van der Waals surface area contributed by atoms with Crippen molar-refractivity contribution in [2.45, 2.75) is 0 Å². The molecule has 4 aromatic rings. The van der Waals surface area contributed by atoms with Crippen LogP contribution in [0.3, 0.4) is 0 Å². The van der Waals surface area contributed by atoms with Crippen molar-refractivity contribution in [3.63, 3.8) is 0 Å². The lowest BCUT2D eigenvalue weighted by molar-refractivity contribution is 0.617. The van der Waals surface area contributed by atoms with Crippen LogP contribution < -0.4 is 3.79 Å². The average molecular weight is 339 g/mol. The van der Waals surface area contributed by atoms with E-state index in [-0.39, 0.29) is 0 Å². The third-order valence-electron chi connectivity index (χ3n) is 3.89. The zero-order valence-electron chi connectivity index (χ0n) is 13.4. The van der Waals surface area contributed by atoms with Crippen molar-refractivity contribution in [2.75, 3.05) is 0 Å². The van der Waals surface area contributed by atoms with Crippen LogP contribution >= 0.6 is 0 Å². The smallest absolute Gasteiger partial charge is 0.482 e. The number of rotatable bonds is 4. The second-order valence-electron chi connectivity index (χ2n) is 5.49. The van der Waals surface area contributed by atoms with Crippen LogP contribution in [0.5, 0.6) is 5.75 Å². The summed E-state index contributed by atoms with van der Waals surface area (Å²) in [4.78, 5) is 4.80. The second kappa shape index (κ2) is 6.94. The van der Waals surface area contributed by atoms with Crippen LogP contribution in [-0.4, -0.2) is 31.4 Å². The summed E-state index contributed by atoms with van der Waals surface area (Å²) in [7, 11) is 0. The molecule has 0 amide bonds. The van der Waals surface area contributed by atoms with Gasteiger partial charge in [0.05, 0.1) is 17.0 Å². The lowest BCUT2D eigenvalue weighted by Crippen LogP contribution is -1.99. The van der Waals surface area contributed by atoms with Gasteiger partial charge in [-0.05, 0) is 24.3 Å². The van der Waals surface area contributed by atoms with Crippen LogP contribution in [0.15, 0.2) is 84.9 Å². The maximum Gasteiger partial charge on any atom is 0.482 e. The van der Waals surface area contributed by atoms with Gasteiger partial charge in [-0.25, -0.2) is 9.67 Å². The molecule has 0 fully saturated rings. The lowest BCUT2D eigenvalue weighted by Gasteiger charge is -2.06. The molecular formula is C20H14AlN3O. The summed E-state index contributed by atoms with van der Waals surface area (Å²) in [5, 5.41) is 4.75. The first-order chi connectivity index (χ1) is 12.4. The van der Waals surface area contributed by atoms with Gasteiger partial charge in [0.15, 0.2) is 11.6 Å². The first kappa shape index (κ1) is 15.6. The minimum atomic E-state index is 0.626. The molecule has 3 aromatic carbocycles. The first-order valence-corrected chi connectivity index (χ1v) is 8.38. The maximum absolute atomic E-state index is 5.39. The SMILES string of the molecule is [Al][O]c1ccccc1-c1nc(-c2ccccc2)n(-c2ccccc2)n1. The molecule has 0 aliphatic carbocycles. The van der Waals surface area contributed by atoms with Crippen LogP contribution in [0.1, 0.15) is 0 Å². The topological polar surface area (TPSA) is 39.9 Å². The molecule has 0 saturated heterocycles. The van der Waals surface area contributed by atoms with Gasteiger partial charge < -0.3 is 3.79 Å². The van der Waals surface area contributed by atoms with E-state index in [1.807, 2.05) is 89.6 Å². The number of aromatic nitrogens is 3. The summed E-state index contributed by atoms with van der Waals surface area (Å²) in [6.45, 7) is 0. The van der Waals surface area contributed by atoms with Crippen LogP contribution in [0.25, 0.3) is 28.5 Å². The van der Waals surface area contributed by atoms with Gasteiger partial charge in [-0.3, -0.25) is 0 Å². The minimum absolute atomic E-state index is 0.626. The van der Waals surface area contributed by atoms with Crippen molar-refractivity contribution in [3.05, 3.63) is 84.9 Å². The molecule has 118 valence electrons. The number of benzene rings is 3. The average Bonchev–Trinajstić information content (AvgIpc) is 3.14. The highest BCUT2D eigenvalue weighted by molar-refractivity contribution is 6.00. The predicted octanol–water partition coefficient (Wildman–Crippen LogP) is 4.06. The van der Waals surface area contributed by atoms with Gasteiger partial charge in [-0.2, -0.15) is 0 Å². The molecule has 25 heavy (non-hydrogen) atoms. The largest absolute Gasteiger partial charge is 0.653 e. The third kappa shape index (κ3) is 3.08. The highest BCUT2D eigenvalue weighted by atomic mass is 27.1. The summed E-state index contributed by atoms with van der Waals surface area (Å²) in [5.41, 5.74) is 2.82. The molecule has 1 aromatic heterocycles. The molecule has 0 aliphatic rings. The van der Waals surface area contributed by atoms with E-state index in [0.29, 0.717) is 5.82 Å². The van der Waals surface area contributed by atoms with E-state index in [1.165, 1.54) is 0 Å². The Morgan fingerprint density at radius 2 is 1.40 bits per heavy atom.